The second-order valence-corrected chi connectivity index (χ2v) is 9.26. The number of carbonyl (C=O) groups is 4. The zero-order valence-electron chi connectivity index (χ0n) is 20.1. The average Bonchev–Trinajstić information content (AvgIpc) is 3.13. The van der Waals surface area contributed by atoms with Crippen molar-refractivity contribution < 1.29 is 28.7 Å². The largest absolute Gasteiger partial charge is 0.489 e. The van der Waals surface area contributed by atoms with Gasteiger partial charge in [0.2, 0.25) is 17.7 Å². The van der Waals surface area contributed by atoms with Crippen LogP contribution in [0.25, 0.3) is 0 Å². The van der Waals surface area contributed by atoms with Crippen LogP contribution in [0.5, 0.6) is 5.75 Å². The van der Waals surface area contributed by atoms with Crippen molar-refractivity contribution in [3.63, 3.8) is 0 Å². The van der Waals surface area contributed by atoms with Crippen molar-refractivity contribution in [1.29, 1.82) is 0 Å². The molecule has 4 amide bonds. The molecule has 3 heterocycles. The molecule has 2 atom stereocenters. The van der Waals surface area contributed by atoms with E-state index in [1.54, 1.807) is 4.90 Å². The van der Waals surface area contributed by atoms with E-state index in [0.717, 1.165) is 11.1 Å². The summed E-state index contributed by atoms with van der Waals surface area (Å²) in [6.45, 7) is 1.84. The topological polar surface area (TPSA) is 105 Å². The maximum Gasteiger partial charge on any atom is 0.254 e. The fourth-order valence-electron chi connectivity index (χ4n) is 4.87. The summed E-state index contributed by atoms with van der Waals surface area (Å²) in [6.07, 6.45) is 0.256. The average molecular weight is 493 g/mol. The number of benzene rings is 2. The fourth-order valence-corrected chi connectivity index (χ4v) is 4.87. The minimum absolute atomic E-state index is 0.0364. The van der Waals surface area contributed by atoms with Gasteiger partial charge in [0, 0.05) is 36.6 Å². The number of nitrogens with one attached hydrogen (secondary N) is 1. The number of carbonyl (C=O) groups excluding carboxylic acids is 4. The third kappa shape index (κ3) is 4.77. The van der Waals surface area contributed by atoms with Gasteiger partial charge < -0.3 is 19.3 Å². The van der Waals surface area contributed by atoms with Crippen LogP contribution in [-0.4, -0.2) is 82.8 Å². The van der Waals surface area contributed by atoms with Gasteiger partial charge in [-0.3, -0.25) is 24.5 Å². The number of imide groups is 1. The van der Waals surface area contributed by atoms with Crippen LogP contribution in [0.1, 0.15) is 45.8 Å². The van der Waals surface area contributed by atoms with Crippen LogP contribution in [-0.2, 0) is 32.3 Å². The molecule has 0 spiro atoms. The van der Waals surface area contributed by atoms with Crippen molar-refractivity contribution in [2.45, 2.75) is 38.0 Å². The molecule has 2 aromatic rings. The molecule has 3 aliphatic rings. The van der Waals surface area contributed by atoms with Crippen molar-refractivity contribution in [3.05, 3.63) is 52.6 Å². The fraction of sp³-hybridized carbons (Fsp3) is 0.360. The molecule has 5 rings (SSSR count). The number of piperidine rings is 1. The molecule has 6 radical (unpaired) electrons. The van der Waals surface area contributed by atoms with Crippen LogP contribution in [0.2, 0.25) is 0 Å². The normalized spacial score (nSPS) is 21.7. The summed E-state index contributed by atoms with van der Waals surface area (Å²) in [5, 5.41) is 2.25. The van der Waals surface area contributed by atoms with Gasteiger partial charge in [-0.05, 0) is 23.6 Å². The third-order valence-corrected chi connectivity index (χ3v) is 6.87. The smallest absolute Gasteiger partial charge is 0.254 e. The second kappa shape index (κ2) is 10.1. The molecular weight excluding hydrogens is 471 g/mol. The predicted octanol–water partition coefficient (Wildman–Crippen LogP) is -1.36. The van der Waals surface area contributed by atoms with E-state index in [9.17, 15) is 19.2 Å². The molecule has 2 unspecified atom stereocenters. The Morgan fingerprint density at radius 1 is 1.08 bits per heavy atom. The Kier molecular flexibility index (Phi) is 6.85. The standard InChI is InChI=1S/C25H22B3N3O6/c26-15-9-17(37-11-14-3-1-13(2-4-14)10-30-7-8-36-12-19(30)33)20-21(22(15)27)25(35)31(23(20)28)16-5-6-18(32)29-24(16)34/h1-4,9,16,23H,5-8,10-12H2,(H,29,32,34). The highest BCUT2D eigenvalue weighted by atomic mass is 16.5. The first-order valence-electron chi connectivity index (χ1n) is 11.9. The first kappa shape index (κ1) is 25.1. The number of hydrogen-bond acceptors (Lipinski definition) is 6. The lowest BCUT2D eigenvalue weighted by molar-refractivity contribution is -0.143. The van der Waals surface area contributed by atoms with Gasteiger partial charge in [-0.2, -0.15) is 0 Å². The first-order chi connectivity index (χ1) is 17.7. The van der Waals surface area contributed by atoms with E-state index >= 15 is 0 Å². The van der Waals surface area contributed by atoms with Gasteiger partial charge in [0.1, 0.15) is 48.5 Å². The van der Waals surface area contributed by atoms with Gasteiger partial charge in [0.05, 0.1) is 6.61 Å². The number of amides is 4. The molecule has 2 aromatic carbocycles. The van der Waals surface area contributed by atoms with Gasteiger partial charge in [-0.1, -0.05) is 35.2 Å². The minimum atomic E-state index is -1.00. The van der Waals surface area contributed by atoms with Crippen molar-refractivity contribution in [1.82, 2.24) is 15.1 Å². The summed E-state index contributed by atoms with van der Waals surface area (Å²) in [7, 11) is 18.7. The Labute approximate surface area is 218 Å². The molecule has 2 fully saturated rings. The molecule has 182 valence electrons. The molecule has 0 saturated carbocycles. The van der Waals surface area contributed by atoms with Crippen LogP contribution >= 0.6 is 0 Å². The number of rotatable bonds is 6. The van der Waals surface area contributed by atoms with Crippen LogP contribution in [0.3, 0.4) is 0 Å². The quantitative estimate of drug-likeness (QED) is 0.394. The summed E-state index contributed by atoms with van der Waals surface area (Å²) in [5.74, 6) is -2.26. The van der Waals surface area contributed by atoms with Crippen molar-refractivity contribution >= 4 is 58.1 Å². The van der Waals surface area contributed by atoms with Crippen molar-refractivity contribution in [3.8, 4) is 5.75 Å². The van der Waals surface area contributed by atoms with Crippen LogP contribution in [0.4, 0.5) is 0 Å². The second-order valence-electron chi connectivity index (χ2n) is 9.26. The van der Waals surface area contributed by atoms with E-state index in [1.807, 2.05) is 24.3 Å². The molecular formula is C25H22B3N3O6. The molecule has 9 nitrogen and oxygen atoms in total. The first-order valence-corrected chi connectivity index (χ1v) is 11.9. The molecule has 0 aromatic heterocycles. The predicted molar refractivity (Wildman–Crippen MR) is 135 cm³/mol. The number of ether oxygens (including phenoxy) is 2. The maximum atomic E-state index is 13.3. The zero-order chi connectivity index (χ0) is 26.3. The van der Waals surface area contributed by atoms with Crippen molar-refractivity contribution in [2.24, 2.45) is 0 Å². The highest BCUT2D eigenvalue weighted by Gasteiger charge is 2.44. The van der Waals surface area contributed by atoms with E-state index in [2.05, 4.69) is 5.32 Å². The minimum Gasteiger partial charge on any atom is -0.489 e. The summed E-state index contributed by atoms with van der Waals surface area (Å²) in [4.78, 5) is 52.3. The Hall–Kier alpha value is -3.53. The van der Waals surface area contributed by atoms with E-state index in [1.165, 1.54) is 11.0 Å². The van der Waals surface area contributed by atoms with E-state index < -0.39 is 29.7 Å². The molecule has 0 bridgehead atoms. The summed E-state index contributed by atoms with van der Waals surface area (Å²) < 4.78 is 11.2. The van der Waals surface area contributed by atoms with Crippen LogP contribution < -0.4 is 21.0 Å². The highest BCUT2D eigenvalue weighted by Crippen LogP contribution is 2.39. The number of nitrogens with zero attached hydrogens (tertiary/aromatic N) is 2. The molecule has 0 aliphatic carbocycles. The highest BCUT2D eigenvalue weighted by molar-refractivity contribution is 6.51. The molecule has 3 aliphatic heterocycles. The van der Waals surface area contributed by atoms with Crippen LogP contribution in [0.15, 0.2) is 30.3 Å². The Balaban J connectivity index is 1.33. The molecule has 12 heteroatoms. The van der Waals surface area contributed by atoms with Gasteiger partial charge in [-0.25, -0.2) is 0 Å². The van der Waals surface area contributed by atoms with E-state index in [-0.39, 0.29) is 48.5 Å². The van der Waals surface area contributed by atoms with E-state index in [4.69, 9.17) is 33.0 Å². The summed E-state index contributed by atoms with van der Waals surface area (Å²) in [6, 6.07) is 8.23. The van der Waals surface area contributed by atoms with Gasteiger partial charge >= 0.3 is 0 Å². The number of hydrogen-bond donors (Lipinski definition) is 1. The lowest BCUT2D eigenvalue weighted by Gasteiger charge is -2.33. The third-order valence-electron chi connectivity index (χ3n) is 6.87. The summed E-state index contributed by atoms with van der Waals surface area (Å²) in [5.41, 5.74) is 2.51. The maximum absolute atomic E-state index is 13.3. The Morgan fingerprint density at radius 3 is 2.51 bits per heavy atom. The zero-order valence-corrected chi connectivity index (χ0v) is 20.1. The van der Waals surface area contributed by atoms with Crippen molar-refractivity contribution in [2.75, 3.05) is 19.8 Å². The van der Waals surface area contributed by atoms with Gasteiger partial charge in [0.15, 0.2) is 0 Å². The molecule has 2 saturated heterocycles. The Bertz CT molecular complexity index is 1290. The SMILES string of the molecule is [B]c1cc(OCc2ccc(CN3CCOCC3=O)cc2)c2c(c1[B])C(=O)N(C1CCC(=O)NC1=O)C2[B]. The van der Waals surface area contributed by atoms with Crippen LogP contribution in [0, 0.1) is 0 Å². The monoisotopic (exact) mass is 493 g/mol. The van der Waals surface area contributed by atoms with E-state index in [0.29, 0.717) is 31.0 Å². The number of morpholine rings is 1. The number of fused-ring (bicyclic) bond motifs is 1. The molecule has 37 heavy (non-hydrogen) atoms. The molecule has 1 N–H and O–H groups in total. The van der Waals surface area contributed by atoms with Gasteiger partial charge in [-0.15, -0.1) is 0 Å². The van der Waals surface area contributed by atoms with Gasteiger partial charge in [0.25, 0.3) is 5.91 Å². The lowest BCUT2D eigenvalue weighted by atomic mass is 9.74. The lowest BCUT2D eigenvalue weighted by Crippen LogP contribution is -2.53. The summed E-state index contributed by atoms with van der Waals surface area (Å²) >= 11 is 0. The Morgan fingerprint density at radius 2 is 1.81 bits per heavy atom.